The van der Waals surface area contributed by atoms with Gasteiger partial charge in [-0.2, -0.15) is 0 Å². The van der Waals surface area contributed by atoms with Crippen LogP contribution in [0.4, 0.5) is 0 Å². The summed E-state index contributed by atoms with van der Waals surface area (Å²) in [6.45, 7) is 0. The first-order valence-corrected chi connectivity index (χ1v) is 30.4. The SMILES string of the molecule is c1ccc(-c2c3ccccc3c(-c3ccc4cc(-c5cc6cc(-c7cc8ccc(-c9c%10ccccc%10c(-c%10ccccc%10)c%10ccccc9%10)cc8c8ccccc78)c7oc8ccccc8c7c6c6c5oc5ccccc56)ccc4c3)c3ccccc23)cc1. The maximum absolute atomic E-state index is 7.19. The Morgan fingerprint density at radius 1 is 0.170 bits per heavy atom. The highest BCUT2D eigenvalue weighted by Gasteiger charge is 2.26. The molecule has 2 heterocycles. The summed E-state index contributed by atoms with van der Waals surface area (Å²) in [6, 6.07) is 111. The van der Waals surface area contributed by atoms with Crippen molar-refractivity contribution in [3.05, 3.63) is 303 Å². The van der Waals surface area contributed by atoms with Gasteiger partial charge in [0.2, 0.25) is 0 Å². The zero-order valence-electron chi connectivity index (χ0n) is 47.7. The van der Waals surface area contributed by atoms with Crippen molar-refractivity contribution in [1.29, 1.82) is 0 Å². The molecule has 0 fully saturated rings. The van der Waals surface area contributed by atoms with Gasteiger partial charge >= 0.3 is 0 Å². The smallest absolute Gasteiger partial charge is 0.143 e. The standard InChI is InChI=1S/C86H50O2/c1-3-21-51(22-4-1)78-62-27-9-13-31-66(62)80(67-32-14-10-28-63(67)78)57-43-40-53-45-55(41-39-54(53)46-57)73-49-59-50-75(86-84(71-36-18-20-38-77(71)88-86)82(59)83-70-35-17-19-37-76(70)87-85(73)83)74-47-56-42-44-58(48-72(56)60-25-7-8-26-61(60)74)81-68-33-15-11-29-64(68)79(52-23-5-2-6-24-52)65-30-12-16-34-69(65)81/h1-50H. The van der Waals surface area contributed by atoms with Gasteiger partial charge in [0, 0.05) is 38.1 Å². The highest BCUT2D eigenvalue weighted by Crippen LogP contribution is 2.52. The predicted molar refractivity (Wildman–Crippen MR) is 374 cm³/mol. The van der Waals surface area contributed by atoms with Crippen LogP contribution in [0.1, 0.15) is 0 Å². The molecule has 19 aromatic rings. The summed E-state index contributed by atoms with van der Waals surface area (Å²) in [7, 11) is 0. The number of benzene rings is 17. The first-order valence-electron chi connectivity index (χ1n) is 30.4. The number of hydrogen-bond donors (Lipinski definition) is 0. The van der Waals surface area contributed by atoms with Gasteiger partial charge in [-0.05, 0) is 185 Å². The Labute approximate surface area is 506 Å². The number of para-hydroxylation sites is 2. The van der Waals surface area contributed by atoms with E-state index in [1.54, 1.807) is 0 Å². The average molecular weight is 1120 g/mol. The van der Waals surface area contributed by atoms with Crippen molar-refractivity contribution >= 4 is 130 Å². The number of hydrogen-bond acceptors (Lipinski definition) is 2. The van der Waals surface area contributed by atoms with Crippen LogP contribution in [0.25, 0.3) is 197 Å². The van der Waals surface area contributed by atoms with Crippen LogP contribution in [0, 0.1) is 0 Å². The third kappa shape index (κ3) is 7.18. The lowest BCUT2D eigenvalue weighted by Gasteiger charge is -2.19. The van der Waals surface area contributed by atoms with E-state index in [1.165, 1.54) is 109 Å². The second-order valence-corrected chi connectivity index (χ2v) is 23.6. The molecule has 0 unspecified atom stereocenters. The molecule has 2 nitrogen and oxygen atoms in total. The summed E-state index contributed by atoms with van der Waals surface area (Å²) in [6.07, 6.45) is 0. The first kappa shape index (κ1) is 48.8. The minimum absolute atomic E-state index is 0.853. The van der Waals surface area contributed by atoms with Crippen molar-refractivity contribution in [2.45, 2.75) is 0 Å². The second-order valence-electron chi connectivity index (χ2n) is 23.6. The Kier molecular flexibility index (Phi) is 10.5. The summed E-state index contributed by atoms with van der Waals surface area (Å²) >= 11 is 0. The summed E-state index contributed by atoms with van der Waals surface area (Å²) in [5.41, 5.74) is 17.6. The van der Waals surface area contributed by atoms with Gasteiger partial charge in [-0.3, -0.25) is 0 Å². The van der Waals surface area contributed by atoms with Gasteiger partial charge in [-0.15, -0.1) is 0 Å². The Morgan fingerprint density at radius 3 is 1.00 bits per heavy atom. The molecular weight excluding hydrogens is 1060 g/mol. The molecule has 2 heteroatoms. The minimum Gasteiger partial charge on any atom is -0.455 e. The molecule has 0 atom stereocenters. The van der Waals surface area contributed by atoms with Crippen LogP contribution in [0.3, 0.4) is 0 Å². The van der Waals surface area contributed by atoms with Crippen molar-refractivity contribution in [3.8, 4) is 66.8 Å². The monoisotopic (exact) mass is 1110 g/mol. The molecule has 0 N–H and O–H groups in total. The van der Waals surface area contributed by atoms with Crippen LogP contribution in [-0.4, -0.2) is 0 Å². The molecule has 0 aliphatic carbocycles. The van der Waals surface area contributed by atoms with Gasteiger partial charge in [-0.1, -0.05) is 255 Å². The fraction of sp³-hybridized carbons (Fsp3) is 0. The van der Waals surface area contributed by atoms with Crippen molar-refractivity contribution in [3.63, 3.8) is 0 Å². The minimum atomic E-state index is 0.853. The van der Waals surface area contributed by atoms with E-state index in [0.29, 0.717) is 0 Å². The van der Waals surface area contributed by atoms with Crippen molar-refractivity contribution in [1.82, 2.24) is 0 Å². The third-order valence-corrected chi connectivity index (χ3v) is 18.9. The van der Waals surface area contributed by atoms with Gasteiger partial charge in [0.25, 0.3) is 0 Å². The van der Waals surface area contributed by atoms with Crippen molar-refractivity contribution in [2.24, 2.45) is 0 Å². The van der Waals surface area contributed by atoms with Crippen LogP contribution in [-0.2, 0) is 0 Å². The molecule has 0 aliphatic heterocycles. The van der Waals surface area contributed by atoms with Gasteiger partial charge in [0.05, 0.1) is 0 Å². The quantitative estimate of drug-likeness (QED) is 0.123. The van der Waals surface area contributed by atoms with E-state index >= 15 is 0 Å². The zero-order chi connectivity index (χ0) is 57.6. The van der Waals surface area contributed by atoms with Gasteiger partial charge < -0.3 is 8.83 Å². The molecular formula is C86H50O2. The normalized spacial score (nSPS) is 12.1. The second kappa shape index (κ2) is 19.0. The molecule has 0 spiro atoms. The third-order valence-electron chi connectivity index (χ3n) is 18.9. The molecule has 0 saturated heterocycles. The molecule has 0 bridgehead atoms. The van der Waals surface area contributed by atoms with Crippen LogP contribution < -0.4 is 0 Å². The molecule has 2 aromatic heterocycles. The van der Waals surface area contributed by atoms with E-state index in [9.17, 15) is 0 Å². The van der Waals surface area contributed by atoms with Crippen LogP contribution in [0.2, 0.25) is 0 Å². The van der Waals surface area contributed by atoms with E-state index in [-0.39, 0.29) is 0 Å². The lowest BCUT2D eigenvalue weighted by atomic mass is 9.84. The van der Waals surface area contributed by atoms with Crippen molar-refractivity contribution in [2.75, 3.05) is 0 Å². The Bertz CT molecular complexity index is 6050. The Hall–Kier alpha value is -11.6. The lowest BCUT2D eigenvalue weighted by molar-refractivity contribution is 0.670. The van der Waals surface area contributed by atoms with Crippen LogP contribution in [0.5, 0.6) is 0 Å². The summed E-state index contributed by atoms with van der Waals surface area (Å²) < 4.78 is 14.3. The first-order chi connectivity index (χ1) is 43.7. The summed E-state index contributed by atoms with van der Waals surface area (Å²) in [4.78, 5) is 0. The molecule has 406 valence electrons. The highest BCUT2D eigenvalue weighted by atomic mass is 16.3. The number of fused-ring (bicyclic) bond motifs is 17. The Morgan fingerprint density at radius 2 is 0.511 bits per heavy atom. The van der Waals surface area contributed by atoms with Crippen molar-refractivity contribution < 1.29 is 8.83 Å². The average Bonchev–Trinajstić information content (AvgIpc) is 1.61. The predicted octanol–water partition coefficient (Wildman–Crippen LogP) is 24.7. The van der Waals surface area contributed by atoms with E-state index in [2.05, 4.69) is 303 Å². The van der Waals surface area contributed by atoms with E-state index in [0.717, 1.165) is 87.7 Å². The molecule has 0 aliphatic rings. The van der Waals surface area contributed by atoms with Gasteiger partial charge in [0.1, 0.15) is 22.3 Å². The van der Waals surface area contributed by atoms with Crippen LogP contribution in [0.15, 0.2) is 312 Å². The largest absolute Gasteiger partial charge is 0.455 e. The zero-order valence-corrected chi connectivity index (χ0v) is 47.7. The van der Waals surface area contributed by atoms with E-state index < -0.39 is 0 Å². The lowest BCUT2D eigenvalue weighted by Crippen LogP contribution is -1.91. The highest BCUT2D eigenvalue weighted by molar-refractivity contribution is 6.35. The van der Waals surface area contributed by atoms with Gasteiger partial charge in [0.15, 0.2) is 0 Å². The molecule has 17 aromatic carbocycles. The maximum atomic E-state index is 7.19. The number of furan rings is 2. The van der Waals surface area contributed by atoms with Crippen LogP contribution >= 0.6 is 0 Å². The van der Waals surface area contributed by atoms with Gasteiger partial charge in [-0.25, -0.2) is 0 Å². The topological polar surface area (TPSA) is 26.3 Å². The fourth-order valence-electron chi connectivity index (χ4n) is 15.2. The molecule has 88 heavy (non-hydrogen) atoms. The molecule has 0 saturated carbocycles. The van der Waals surface area contributed by atoms with E-state index in [4.69, 9.17) is 8.83 Å². The molecule has 0 radical (unpaired) electrons. The van der Waals surface area contributed by atoms with E-state index in [1.807, 2.05) is 0 Å². The summed E-state index contributed by atoms with van der Waals surface area (Å²) in [5.74, 6) is 0. The fourth-order valence-corrected chi connectivity index (χ4v) is 15.2. The maximum Gasteiger partial charge on any atom is 0.143 e. The number of rotatable bonds is 6. The molecule has 19 rings (SSSR count). The summed E-state index contributed by atoms with van der Waals surface area (Å²) in [5, 5.41) is 23.6. The Balaban J connectivity index is 0.816. The molecule has 0 amide bonds.